The molecule has 2 heterocycles. The molecule has 10 nitrogen and oxygen atoms in total. The maximum absolute atomic E-state index is 13.7. The average molecular weight is 803 g/mol. The van der Waals surface area contributed by atoms with E-state index >= 15 is 0 Å². The Bertz CT molecular complexity index is 1920. The topological polar surface area (TPSA) is 100 Å². The lowest BCUT2D eigenvalue weighted by Crippen LogP contribution is -2.61. The highest BCUT2D eigenvalue weighted by atomic mass is 16.7. The van der Waals surface area contributed by atoms with Gasteiger partial charge in [0.25, 0.3) is 0 Å². The number of rotatable bonds is 20. The van der Waals surface area contributed by atoms with E-state index in [1.165, 1.54) is 0 Å². The molecule has 59 heavy (non-hydrogen) atoms. The van der Waals surface area contributed by atoms with Crippen molar-refractivity contribution in [2.45, 2.75) is 95.1 Å². The first-order chi connectivity index (χ1) is 29.1. The Morgan fingerprint density at radius 3 is 1.41 bits per heavy atom. The van der Waals surface area contributed by atoms with Crippen LogP contribution in [-0.4, -0.2) is 75.3 Å². The fourth-order valence-electron chi connectivity index (χ4n) is 7.29. The van der Waals surface area contributed by atoms with Crippen LogP contribution in [0.1, 0.15) is 40.7 Å². The summed E-state index contributed by atoms with van der Waals surface area (Å²) in [4.78, 5) is 13.7. The second kappa shape index (κ2) is 22.7. The SMILES string of the molecule is CO[C@H]1O[C@H](CO[C@H]2CCC(=O)[C@H](OCc3ccccc3)[C@@H](COCc3ccccc3)O2)[C@@H](OCc2ccccc2)[C@H](OCc2ccccc2)[C@H]1OCc1ccccc1. The predicted molar refractivity (Wildman–Crippen MR) is 221 cm³/mol. The molecule has 5 aromatic rings. The van der Waals surface area contributed by atoms with Gasteiger partial charge in [-0.25, -0.2) is 0 Å². The summed E-state index contributed by atoms with van der Waals surface area (Å²) in [7, 11) is 1.59. The van der Waals surface area contributed by atoms with Crippen LogP contribution in [0.4, 0.5) is 0 Å². The standard InChI is InChI=1S/C49H54O10/c1-51-49-48(57-33-40-25-15-6-16-26-40)47(56-32-39-23-13-5-14-24-39)46(55-31-38-21-11-4-12-22-38)43(59-49)35-53-44-28-27-41(50)45(54-30-37-19-9-3-10-20-37)42(58-44)34-52-29-36-17-7-2-8-18-36/h2-26,42-49H,27-35H2,1H3/t42-,43-,44-,45+,46-,47+,48-,49+/m1/s1. The third kappa shape index (κ3) is 12.7. The van der Waals surface area contributed by atoms with Gasteiger partial charge in [0.1, 0.15) is 36.6 Å². The molecule has 2 aliphatic heterocycles. The Morgan fingerprint density at radius 2 is 0.915 bits per heavy atom. The smallest absolute Gasteiger partial charge is 0.186 e. The number of ether oxygens (including phenoxy) is 9. The van der Waals surface area contributed by atoms with Crippen LogP contribution in [0.5, 0.6) is 0 Å². The van der Waals surface area contributed by atoms with E-state index in [1.54, 1.807) is 7.11 Å². The predicted octanol–water partition coefficient (Wildman–Crippen LogP) is 8.01. The van der Waals surface area contributed by atoms with Crippen LogP contribution in [0.25, 0.3) is 0 Å². The molecule has 0 aromatic heterocycles. The summed E-state index contributed by atoms with van der Waals surface area (Å²) in [5, 5.41) is 0. The molecule has 2 saturated heterocycles. The third-order valence-electron chi connectivity index (χ3n) is 10.4. The van der Waals surface area contributed by atoms with Gasteiger partial charge in [-0.1, -0.05) is 152 Å². The number of hydrogen-bond acceptors (Lipinski definition) is 10. The summed E-state index contributed by atoms with van der Waals surface area (Å²) in [6.07, 6.45) is -5.19. The van der Waals surface area contributed by atoms with Gasteiger partial charge in [-0.3, -0.25) is 4.79 Å². The monoisotopic (exact) mass is 802 g/mol. The second-order valence-corrected chi connectivity index (χ2v) is 14.7. The molecule has 0 bridgehead atoms. The minimum atomic E-state index is -0.844. The Labute approximate surface area is 347 Å². The van der Waals surface area contributed by atoms with Crippen molar-refractivity contribution < 1.29 is 47.4 Å². The van der Waals surface area contributed by atoms with Gasteiger partial charge >= 0.3 is 0 Å². The van der Waals surface area contributed by atoms with E-state index in [0.717, 1.165) is 27.8 Å². The molecule has 310 valence electrons. The Morgan fingerprint density at radius 1 is 0.475 bits per heavy atom. The third-order valence-corrected chi connectivity index (χ3v) is 10.4. The van der Waals surface area contributed by atoms with Gasteiger partial charge in [-0.05, 0) is 27.8 Å². The molecule has 10 heteroatoms. The van der Waals surface area contributed by atoms with Crippen LogP contribution in [0.15, 0.2) is 152 Å². The van der Waals surface area contributed by atoms with Crippen molar-refractivity contribution in [3.63, 3.8) is 0 Å². The molecular formula is C49H54O10. The summed E-state index contributed by atoms with van der Waals surface area (Å²) < 4.78 is 58.3. The Balaban J connectivity index is 1.10. The highest BCUT2D eigenvalue weighted by molar-refractivity contribution is 5.84. The van der Waals surface area contributed by atoms with Crippen molar-refractivity contribution >= 4 is 5.78 Å². The fourth-order valence-corrected chi connectivity index (χ4v) is 7.29. The molecule has 0 radical (unpaired) electrons. The average Bonchev–Trinajstić information content (AvgIpc) is 3.44. The van der Waals surface area contributed by atoms with Gasteiger partial charge in [0, 0.05) is 20.0 Å². The molecule has 0 spiro atoms. The van der Waals surface area contributed by atoms with Crippen molar-refractivity contribution in [2.24, 2.45) is 0 Å². The number of hydrogen-bond donors (Lipinski definition) is 0. The van der Waals surface area contributed by atoms with Crippen LogP contribution >= 0.6 is 0 Å². The quantitative estimate of drug-likeness (QED) is 0.0770. The Hall–Kier alpha value is -4.59. The summed E-state index contributed by atoms with van der Waals surface area (Å²) in [6.45, 7) is 1.74. The number of Topliss-reactive ketones (excluding diaryl/α,β-unsaturated/α-hetero) is 1. The van der Waals surface area contributed by atoms with Gasteiger partial charge < -0.3 is 42.6 Å². The summed E-state index contributed by atoms with van der Waals surface area (Å²) in [5.74, 6) is -0.0643. The number of carbonyl (C=O) groups excluding carboxylic acids is 1. The normalized spacial score (nSPS) is 24.7. The van der Waals surface area contributed by atoms with E-state index in [1.807, 2.05) is 152 Å². The summed E-state index contributed by atoms with van der Waals surface area (Å²) in [6, 6.07) is 49.6. The first kappa shape index (κ1) is 42.5. The van der Waals surface area contributed by atoms with Gasteiger partial charge in [-0.2, -0.15) is 0 Å². The van der Waals surface area contributed by atoms with Crippen LogP contribution < -0.4 is 0 Å². The first-order valence-corrected chi connectivity index (χ1v) is 20.3. The Kier molecular flexibility index (Phi) is 16.4. The largest absolute Gasteiger partial charge is 0.374 e. The molecule has 7 rings (SSSR count). The van der Waals surface area contributed by atoms with E-state index in [2.05, 4.69) is 0 Å². The fraction of sp³-hybridized carbons (Fsp3) is 0.367. The minimum Gasteiger partial charge on any atom is -0.374 e. The van der Waals surface area contributed by atoms with Crippen LogP contribution in [0, 0.1) is 0 Å². The molecule has 5 aromatic carbocycles. The van der Waals surface area contributed by atoms with Crippen molar-refractivity contribution in [1.29, 1.82) is 0 Å². The zero-order valence-corrected chi connectivity index (χ0v) is 33.5. The van der Waals surface area contributed by atoms with E-state index in [0.29, 0.717) is 32.8 Å². The molecular weight excluding hydrogens is 749 g/mol. The zero-order chi connectivity index (χ0) is 40.5. The van der Waals surface area contributed by atoms with Crippen molar-refractivity contribution in [3.8, 4) is 0 Å². The number of methoxy groups -OCH3 is 1. The molecule has 8 atom stereocenters. The maximum Gasteiger partial charge on any atom is 0.186 e. The lowest BCUT2D eigenvalue weighted by atomic mass is 9.97. The van der Waals surface area contributed by atoms with Gasteiger partial charge in [0.15, 0.2) is 18.4 Å². The van der Waals surface area contributed by atoms with Crippen molar-refractivity contribution in [2.75, 3.05) is 20.3 Å². The zero-order valence-electron chi connectivity index (χ0n) is 33.5. The van der Waals surface area contributed by atoms with E-state index in [9.17, 15) is 4.79 Å². The maximum atomic E-state index is 13.7. The molecule has 0 unspecified atom stereocenters. The van der Waals surface area contributed by atoms with Crippen molar-refractivity contribution in [3.05, 3.63) is 179 Å². The van der Waals surface area contributed by atoms with E-state index < -0.39 is 49.2 Å². The van der Waals surface area contributed by atoms with Crippen LogP contribution in [0.2, 0.25) is 0 Å². The van der Waals surface area contributed by atoms with E-state index in [4.69, 9.17) is 42.6 Å². The molecule has 0 aliphatic carbocycles. The summed E-state index contributed by atoms with van der Waals surface area (Å²) >= 11 is 0. The van der Waals surface area contributed by atoms with Gasteiger partial charge in [0.2, 0.25) is 0 Å². The molecule has 0 saturated carbocycles. The lowest BCUT2D eigenvalue weighted by Gasteiger charge is -2.45. The van der Waals surface area contributed by atoms with Crippen LogP contribution in [0.3, 0.4) is 0 Å². The molecule has 2 fully saturated rings. The summed E-state index contributed by atoms with van der Waals surface area (Å²) in [5.41, 5.74) is 4.98. The first-order valence-electron chi connectivity index (χ1n) is 20.3. The van der Waals surface area contributed by atoms with Gasteiger partial charge in [-0.15, -0.1) is 0 Å². The van der Waals surface area contributed by atoms with Crippen molar-refractivity contribution in [1.82, 2.24) is 0 Å². The highest BCUT2D eigenvalue weighted by Crippen LogP contribution is 2.32. The second-order valence-electron chi connectivity index (χ2n) is 14.7. The number of carbonyl (C=O) groups is 1. The molecule has 0 amide bonds. The lowest BCUT2D eigenvalue weighted by molar-refractivity contribution is -0.329. The molecule has 2 aliphatic rings. The number of benzene rings is 5. The highest BCUT2D eigenvalue weighted by Gasteiger charge is 2.49. The van der Waals surface area contributed by atoms with E-state index in [-0.39, 0.29) is 32.0 Å². The van der Waals surface area contributed by atoms with Crippen LogP contribution in [-0.2, 0) is 80.5 Å². The number of ketones is 1. The molecule has 0 N–H and O–H groups in total. The minimum absolute atomic E-state index is 0.0574. The van der Waals surface area contributed by atoms with Gasteiger partial charge in [0.05, 0.1) is 46.2 Å².